The van der Waals surface area contributed by atoms with E-state index >= 15 is 0 Å². The predicted molar refractivity (Wildman–Crippen MR) is 120 cm³/mol. The summed E-state index contributed by atoms with van der Waals surface area (Å²) < 4.78 is 0. The van der Waals surface area contributed by atoms with Crippen molar-refractivity contribution in [3.63, 3.8) is 0 Å². The van der Waals surface area contributed by atoms with Crippen molar-refractivity contribution in [2.24, 2.45) is 0 Å². The van der Waals surface area contributed by atoms with Crippen LogP contribution in [0.2, 0.25) is 0 Å². The maximum absolute atomic E-state index is 12.9. The van der Waals surface area contributed by atoms with Crippen LogP contribution in [0.25, 0.3) is 0 Å². The van der Waals surface area contributed by atoms with Crippen molar-refractivity contribution in [2.75, 3.05) is 0 Å². The standard InChI is InChI=1S/C23H23N3O4S/c1-3-16-9-11-17(12-10-16)21(20-8-5-13-31-20)25-22(27)15(2)24-23(28)18-6-4-7-19(14-18)26(29)30/h4-15,21H,3H2,1-2H3,(H,24,28)(H,25,27). The molecular weight excluding hydrogens is 414 g/mol. The molecular formula is C23H23N3O4S. The summed E-state index contributed by atoms with van der Waals surface area (Å²) in [5.41, 5.74) is 2.10. The summed E-state index contributed by atoms with van der Waals surface area (Å²) in [4.78, 5) is 36.7. The molecule has 3 rings (SSSR count). The number of hydrogen-bond donors (Lipinski definition) is 2. The van der Waals surface area contributed by atoms with Gasteiger partial charge in [0.1, 0.15) is 6.04 Å². The number of amides is 2. The zero-order valence-corrected chi connectivity index (χ0v) is 18.0. The Balaban J connectivity index is 1.73. The Kier molecular flexibility index (Phi) is 7.15. The largest absolute Gasteiger partial charge is 0.343 e. The molecule has 0 saturated carbocycles. The lowest BCUT2D eigenvalue weighted by Gasteiger charge is -2.21. The molecule has 3 aromatic rings. The minimum atomic E-state index is -0.830. The van der Waals surface area contributed by atoms with Crippen LogP contribution in [0, 0.1) is 10.1 Å². The zero-order valence-electron chi connectivity index (χ0n) is 17.2. The fourth-order valence-electron chi connectivity index (χ4n) is 3.09. The molecule has 8 heteroatoms. The topological polar surface area (TPSA) is 101 Å². The molecule has 0 fully saturated rings. The number of nitrogens with one attached hydrogen (secondary N) is 2. The smallest absolute Gasteiger partial charge is 0.270 e. The first kappa shape index (κ1) is 22.2. The van der Waals surface area contributed by atoms with Crippen LogP contribution in [-0.4, -0.2) is 22.8 Å². The Labute approximate surface area is 184 Å². The summed E-state index contributed by atoms with van der Waals surface area (Å²) in [5.74, 6) is -0.900. The molecule has 0 spiro atoms. The summed E-state index contributed by atoms with van der Waals surface area (Å²) in [6, 6.07) is 16.2. The van der Waals surface area contributed by atoms with E-state index < -0.39 is 16.9 Å². The predicted octanol–water partition coefficient (Wildman–Crippen LogP) is 4.24. The quantitative estimate of drug-likeness (QED) is 0.406. The van der Waals surface area contributed by atoms with Crippen molar-refractivity contribution in [1.82, 2.24) is 10.6 Å². The average Bonchev–Trinajstić information content (AvgIpc) is 3.32. The molecule has 2 N–H and O–H groups in total. The number of thiophene rings is 1. The zero-order chi connectivity index (χ0) is 22.4. The monoisotopic (exact) mass is 437 g/mol. The van der Waals surface area contributed by atoms with Crippen molar-refractivity contribution in [2.45, 2.75) is 32.4 Å². The molecule has 2 aromatic carbocycles. The Morgan fingerprint density at radius 1 is 1.06 bits per heavy atom. The Bertz CT molecular complexity index is 1060. The lowest BCUT2D eigenvalue weighted by Crippen LogP contribution is -2.46. The molecule has 31 heavy (non-hydrogen) atoms. The van der Waals surface area contributed by atoms with E-state index in [-0.39, 0.29) is 23.2 Å². The van der Waals surface area contributed by atoms with Crippen LogP contribution < -0.4 is 10.6 Å². The summed E-state index contributed by atoms with van der Waals surface area (Å²) >= 11 is 1.54. The molecule has 0 aliphatic heterocycles. The molecule has 0 aliphatic carbocycles. The summed E-state index contributed by atoms with van der Waals surface area (Å²) in [7, 11) is 0. The number of carbonyl (C=O) groups excluding carboxylic acids is 2. The van der Waals surface area contributed by atoms with Crippen LogP contribution >= 0.6 is 11.3 Å². The maximum atomic E-state index is 12.9. The van der Waals surface area contributed by atoms with E-state index in [0.717, 1.165) is 16.9 Å². The van der Waals surface area contributed by atoms with Gasteiger partial charge in [-0.15, -0.1) is 11.3 Å². The van der Waals surface area contributed by atoms with E-state index in [1.807, 2.05) is 41.8 Å². The maximum Gasteiger partial charge on any atom is 0.270 e. The number of nitro benzene ring substituents is 1. The normalized spacial score (nSPS) is 12.6. The third kappa shape index (κ3) is 5.55. The molecule has 1 heterocycles. The van der Waals surface area contributed by atoms with Crippen molar-refractivity contribution < 1.29 is 14.5 Å². The summed E-state index contributed by atoms with van der Waals surface area (Å²) in [6.07, 6.45) is 0.928. The average molecular weight is 438 g/mol. The lowest BCUT2D eigenvalue weighted by atomic mass is 10.0. The second-order valence-electron chi connectivity index (χ2n) is 7.05. The van der Waals surface area contributed by atoms with E-state index in [4.69, 9.17) is 0 Å². The van der Waals surface area contributed by atoms with Crippen molar-refractivity contribution in [1.29, 1.82) is 0 Å². The third-order valence-corrected chi connectivity index (χ3v) is 5.83. The van der Waals surface area contributed by atoms with E-state index in [9.17, 15) is 19.7 Å². The number of non-ortho nitro benzene ring substituents is 1. The van der Waals surface area contributed by atoms with Crippen molar-refractivity contribution >= 4 is 28.8 Å². The number of benzene rings is 2. The first-order chi connectivity index (χ1) is 14.9. The van der Waals surface area contributed by atoms with E-state index in [2.05, 4.69) is 17.6 Å². The Morgan fingerprint density at radius 2 is 1.81 bits per heavy atom. The fraction of sp³-hybridized carbons (Fsp3) is 0.217. The van der Waals surface area contributed by atoms with Gasteiger partial charge < -0.3 is 10.6 Å². The van der Waals surface area contributed by atoms with Crippen LogP contribution in [0.4, 0.5) is 5.69 Å². The van der Waals surface area contributed by atoms with Crippen LogP contribution in [0.15, 0.2) is 66.0 Å². The summed E-state index contributed by atoms with van der Waals surface area (Å²) in [6.45, 7) is 3.66. The molecule has 7 nitrogen and oxygen atoms in total. The minimum absolute atomic E-state index is 0.124. The van der Waals surface area contributed by atoms with Crippen molar-refractivity contribution in [3.05, 3.63) is 97.7 Å². The summed E-state index contributed by atoms with van der Waals surface area (Å²) in [5, 5.41) is 18.5. The van der Waals surface area contributed by atoms with Gasteiger partial charge in [0, 0.05) is 22.6 Å². The molecule has 0 aliphatic rings. The van der Waals surface area contributed by atoms with Crippen LogP contribution in [0.5, 0.6) is 0 Å². The van der Waals surface area contributed by atoms with Crippen molar-refractivity contribution in [3.8, 4) is 0 Å². The molecule has 0 radical (unpaired) electrons. The highest BCUT2D eigenvalue weighted by atomic mass is 32.1. The van der Waals surface area contributed by atoms with E-state index in [0.29, 0.717) is 0 Å². The van der Waals surface area contributed by atoms with E-state index in [1.165, 1.54) is 41.2 Å². The molecule has 2 unspecified atom stereocenters. The van der Waals surface area contributed by atoms with Crippen LogP contribution in [0.1, 0.15) is 46.3 Å². The molecule has 2 atom stereocenters. The first-order valence-electron chi connectivity index (χ1n) is 9.87. The number of hydrogen-bond acceptors (Lipinski definition) is 5. The van der Waals surface area contributed by atoms with E-state index in [1.54, 1.807) is 6.92 Å². The van der Waals surface area contributed by atoms with Gasteiger partial charge in [0.25, 0.3) is 11.6 Å². The molecule has 1 aromatic heterocycles. The lowest BCUT2D eigenvalue weighted by molar-refractivity contribution is -0.384. The highest BCUT2D eigenvalue weighted by molar-refractivity contribution is 7.10. The van der Waals surface area contributed by atoms with Gasteiger partial charge in [-0.25, -0.2) is 0 Å². The molecule has 0 bridgehead atoms. The highest BCUT2D eigenvalue weighted by Gasteiger charge is 2.23. The molecule has 0 saturated heterocycles. The SMILES string of the molecule is CCc1ccc(C(NC(=O)C(C)NC(=O)c2cccc([N+](=O)[O-])c2)c2cccs2)cc1. The first-order valence-corrected chi connectivity index (χ1v) is 10.7. The number of nitrogens with zero attached hydrogens (tertiary/aromatic N) is 1. The van der Waals surface area contributed by atoms with Gasteiger partial charge in [-0.2, -0.15) is 0 Å². The number of aryl methyl sites for hydroxylation is 1. The highest BCUT2D eigenvalue weighted by Crippen LogP contribution is 2.26. The Morgan fingerprint density at radius 3 is 2.42 bits per heavy atom. The van der Waals surface area contributed by atoms with Gasteiger partial charge in [0.05, 0.1) is 11.0 Å². The Hall–Kier alpha value is -3.52. The second kappa shape index (κ2) is 9.99. The van der Waals surface area contributed by atoms with Gasteiger partial charge in [-0.1, -0.05) is 43.3 Å². The number of nitro groups is 1. The van der Waals surface area contributed by atoms with Crippen LogP contribution in [-0.2, 0) is 11.2 Å². The van der Waals surface area contributed by atoms with Gasteiger partial charge in [0.2, 0.25) is 5.91 Å². The third-order valence-electron chi connectivity index (χ3n) is 4.90. The minimum Gasteiger partial charge on any atom is -0.343 e. The van der Waals surface area contributed by atoms with Gasteiger partial charge in [0.15, 0.2) is 0 Å². The van der Waals surface area contributed by atoms with Crippen LogP contribution in [0.3, 0.4) is 0 Å². The molecule has 2 amide bonds. The molecule has 160 valence electrons. The number of rotatable bonds is 8. The van der Waals surface area contributed by atoms with Gasteiger partial charge in [-0.3, -0.25) is 19.7 Å². The number of carbonyl (C=O) groups is 2. The second-order valence-corrected chi connectivity index (χ2v) is 8.03. The van der Waals surface area contributed by atoms with Gasteiger partial charge in [-0.05, 0) is 42.0 Å². The fourth-order valence-corrected chi connectivity index (χ4v) is 3.90. The van der Waals surface area contributed by atoms with Gasteiger partial charge >= 0.3 is 0 Å².